The van der Waals surface area contributed by atoms with Gasteiger partial charge in [-0.15, -0.1) is 0 Å². The van der Waals surface area contributed by atoms with Crippen LogP contribution in [0.5, 0.6) is 0 Å². The molecule has 10 heterocycles. The van der Waals surface area contributed by atoms with Crippen LogP contribution in [-0.4, -0.2) is 17.6 Å². The van der Waals surface area contributed by atoms with E-state index in [0.717, 1.165) is 111 Å². The summed E-state index contributed by atoms with van der Waals surface area (Å²) >= 11 is 0. The van der Waals surface area contributed by atoms with Crippen molar-refractivity contribution >= 4 is 196 Å². The number of hydrogen-bond donors (Lipinski definition) is 0. The predicted molar refractivity (Wildman–Crippen MR) is 529 cm³/mol. The Bertz CT molecular complexity index is 9960. The lowest BCUT2D eigenvalue weighted by Crippen LogP contribution is -1.93. The number of aromatic nitrogens is 4. The second kappa shape index (κ2) is 24.5. The highest BCUT2D eigenvalue weighted by Gasteiger charge is 2.35. The summed E-state index contributed by atoms with van der Waals surface area (Å²) in [6.45, 7) is 0. The number of para-hydroxylation sites is 7. The van der Waals surface area contributed by atoms with Crippen molar-refractivity contribution in [2.24, 2.45) is 0 Å². The maximum atomic E-state index is 7.30. The van der Waals surface area contributed by atoms with Gasteiger partial charge in [0.15, 0.2) is 0 Å². The number of benzene rings is 20. The first-order valence-corrected chi connectivity index (χ1v) is 43.6. The molecule has 0 saturated carbocycles. The molecule has 0 atom stereocenters. The SMILES string of the molecule is c1ccc(-c2ccc3c(c2)c2cccc4c5c(-c6ccccc6)c6c(c(-c7ccccc7)c5n3c24)c2cccc3c4cc(-c5cccc(-c7cc(-c8cc9c%10ccccc%10n%10c%11c(-c%12ccccc%12)c%12c%13cc(-c%14cccc%15c%14oc%14ccccc%14%15)cc%14c%15ccccc%15n(c%12c(-c%12ccccc%12)c%11c(c8)c9%10)c%14%13)c8oc9ccccc9c8c7)c5)ccc4n6c32)cc1. The zero-order valence-corrected chi connectivity index (χ0v) is 67.7. The molecule has 6 heteroatoms. The van der Waals surface area contributed by atoms with E-state index < -0.39 is 0 Å². The van der Waals surface area contributed by atoms with Crippen LogP contribution >= 0.6 is 0 Å². The van der Waals surface area contributed by atoms with Crippen molar-refractivity contribution in [2.45, 2.75) is 0 Å². The predicted octanol–water partition coefficient (Wildman–Crippen LogP) is 33.1. The summed E-state index contributed by atoms with van der Waals surface area (Å²) in [5.74, 6) is 0. The van der Waals surface area contributed by atoms with E-state index in [1.54, 1.807) is 0 Å². The Morgan fingerprint density at radius 2 is 0.444 bits per heavy atom. The molecule has 0 bridgehead atoms. The molecule has 0 saturated heterocycles. The molecule has 0 aliphatic rings. The Kier molecular flexibility index (Phi) is 13.0. The number of furan rings is 2. The number of hydrogen-bond acceptors (Lipinski definition) is 2. The van der Waals surface area contributed by atoms with Gasteiger partial charge in [-0.3, -0.25) is 0 Å². The molecular weight excluding hydrogens is 1530 g/mol. The van der Waals surface area contributed by atoms with Crippen LogP contribution in [0.15, 0.2) is 409 Å². The first kappa shape index (κ1) is 66.9. The second-order valence-corrected chi connectivity index (χ2v) is 34.7. The normalized spacial score (nSPS) is 12.6. The van der Waals surface area contributed by atoms with E-state index in [1.165, 1.54) is 186 Å². The zero-order valence-electron chi connectivity index (χ0n) is 67.7. The largest absolute Gasteiger partial charge is 0.455 e. The van der Waals surface area contributed by atoms with Gasteiger partial charge < -0.3 is 26.4 Å². The molecule has 10 aromatic heterocycles. The molecule has 126 heavy (non-hydrogen) atoms. The third-order valence-corrected chi connectivity index (χ3v) is 28.4. The minimum Gasteiger partial charge on any atom is -0.455 e. The average Bonchev–Trinajstić information content (AvgIpc) is 1.48. The molecule has 0 aliphatic carbocycles. The minimum absolute atomic E-state index is 0.852. The summed E-state index contributed by atoms with van der Waals surface area (Å²) in [7, 11) is 0. The average molecular weight is 1600 g/mol. The van der Waals surface area contributed by atoms with E-state index in [9.17, 15) is 0 Å². The van der Waals surface area contributed by atoms with Crippen LogP contribution in [0.2, 0.25) is 0 Å². The summed E-state index contributed by atoms with van der Waals surface area (Å²) in [6.07, 6.45) is 0. The van der Waals surface area contributed by atoms with Gasteiger partial charge >= 0.3 is 0 Å². The molecular formula is C120H66N4O2. The molecule has 0 N–H and O–H groups in total. The van der Waals surface area contributed by atoms with E-state index >= 15 is 0 Å². The van der Waals surface area contributed by atoms with Crippen molar-refractivity contribution in [3.05, 3.63) is 400 Å². The van der Waals surface area contributed by atoms with Crippen molar-refractivity contribution < 1.29 is 8.83 Å². The van der Waals surface area contributed by atoms with Crippen molar-refractivity contribution in [2.75, 3.05) is 0 Å². The van der Waals surface area contributed by atoms with Crippen LogP contribution in [0.4, 0.5) is 0 Å². The van der Waals surface area contributed by atoms with Crippen LogP contribution in [0.1, 0.15) is 0 Å². The van der Waals surface area contributed by atoms with Gasteiger partial charge in [0.25, 0.3) is 0 Å². The van der Waals surface area contributed by atoms with Gasteiger partial charge in [0.05, 0.1) is 66.2 Å². The lowest BCUT2D eigenvalue weighted by Gasteiger charge is -2.16. The topological polar surface area (TPSA) is 43.9 Å². The molecule has 0 fully saturated rings. The molecule has 0 unspecified atom stereocenters. The van der Waals surface area contributed by atoms with Crippen molar-refractivity contribution in [3.8, 4) is 100 Å². The Balaban J connectivity index is 0.648. The fourth-order valence-electron chi connectivity index (χ4n) is 23.3. The smallest absolute Gasteiger partial charge is 0.143 e. The lowest BCUT2D eigenvalue weighted by atomic mass is 9.88. The summed E-state index contributed by atoms with van der Waals surface area (Å²) in [4.78, 5) is 0. The summed E-state index contributed by atoms with van der Waals surface area (Å²) in [5, 5.41) is 23.9. The summed E-state index contributed by atoms with van der Waals surface area (Å²) in [5.41, 5.74) is 38.6. The van der Waals surface area contributed by atoms with Gasteiger partial charge in [-0.05, 0) is 158 Å². The molecule has 30 rings (SSSR count). The first-order chi connectivity index (χ1) is 62.6. The fraction of sp³-hybridized carbons (Fsp3) is 0. The third kappa shape index (κ3) is 8.68. The van der Waals surface area contributed by atoms with Crippen LogP contribution in [-0.2, 0) is 0 Å². The van der Waals surface area contributed by atoms with Crippen LogP contribution in [0.25, 0.3) is 296 Å². The molecule has 0 radical (unpaired) electrons. The molecule has 578 valence electrons. The standard InChI is InChI=1S/C120H66N4O2/c1-6-28-67(29-7-1)74-54-56-99-90(59-74)84-45-26-48-87-107-104(69-32-10-3-11-33-69)116-108(103(68-30-8-2-9-31-68)115(107)123(99)111(84)87)88-49-27-46-85-91-60-75(55-57-100(91)124(116)112(85)88)72-38-24-39-73(58-72)76-61-89(120-94(62-76)83-43-19-23-53-102(83)126-120)78-64-93-81-41-17-21-51-98(81)122-114(93)96(66-78)110-106(71-36-14-5-15-37-71)117-109(105(118(110)122)70-34-12-4-13-35-70)95-65-77(63-92-80-40-16-20-50-97(80)121(117)113(92)95)79-44-25-47-86-82-42-18-22-52-101(82)125-119(79)86/h1-66H. The highest BCUT2D eigenvalue weighted by Crippen LogP contribution is 2.59. The summed E-state index contributed by atoms with van der Waals surface area (Å²) < 4.78 is 24.7. The lowest BCUT2D eigenvalue weighted by molar-refractivity contribution is 0.669. The maximum Gasteiger partial charge on any atom is 0.143 e. The number of fused-ring (bicyclic) bond motifs is 30. The maximum absolute atomic E-state index is 7.30. The highest BCUT2D eigenvalue weighted by molar-refractivity contribution is 6.41. The monoisotopic (exact) mass is 1590 g/mol. The van der Waals surface area contributed by atoms with E-state index in [4.69, 9.17) is 8.83 Å². The van der Waals surface area contributed by atoms with Crippen LogP contribution < -0.4 is 0 Å². The molecule has 30 aromatic rings. The Labute approximate surface area is 718 Å². The first-order valence-electron chi connectivity index (χ1n) is 43.6. The molecule has 0 spiro atoms. The Hall–Kier alpha value is -16.8. The van der Waals surface area contributed by atoms with Gasteiger partial charge in [0.2, 0.25) is 0 Å². The highest BCUT2D eigenvalue weighted by atomic mass is 16.3. The molecule has 6 nitrogen and oxygen atoms in total. The van der Waals surface area contributed by atoms with Crippen molar-refractivity contribution in [1.82, 2.24) is 17.6 Å². The van der Waals surface area contributed by atoms with E-state index in [2.05, 4.69) is 418 Å². The molecule has 0 aliphatic heterocycles. The van der Waals surface area contributed by atoms with E-state index in [0.29, 0.717) is 0 Å². The quantitative estimate of drug-likeness (QED) is 0.145. The van der Waals surface area contributed by atoms with E-state index in [-0.39, 0.29) is 0 Å². The Morgan fingerprint density at radius 1 is 0.143 bits per heavy atom. The van der Waals surface area contributed by atoms with Gasteiger partial charge in [-0.2, -0.15) is 0 Å². The zero-order chi connectivity index (χ0) is 81.6. The second-order valence-electron chi connectivity index (χ2n) is 34.7. The number of rotatable bonds is 9. The minimum atomic E-state index is 0.852. The van der Waals surface area contributed by atoms with Gasteiger partial charge in [0, 0.05) is 141 Å². The Morgan fingerprint density at radius 3 is 0.929 bits per heavy atom. The van der Waals surface area contributed by atoms with Gasteiger partial charge in [0.1, 0.15) is 22.3 Å². The van der Waals surface area contributed by atoms with E-state index in [1.807, 2.05) is 0 Å². The van der Waals surface area contributed by atoms with Gasteiger partial charge in [-0.1, -0.05) is 309 Å². The van der Waals surface area contributed by atoms with Crippen LogP contribution in [0.3, 0.4) is 0 Å². The fourth-order valence-corrected chi connectivity index (χ4v) is 23.3. The molecule has 20 aromatic carbocycles. The molecule has 0 amide bonds. The van der Waals surface area contributed by atoms with Gasteiger partial charge in [-0.25, -0.2) is 0 Å². The van der Waals surface area contributed by atoms with Crippen molar-refractivity contribution in [3.63, 3.8) is 0 Å². The van der Waals surface area contributed by atoms with Crippen LogP contribution in [0, 0.1) is 0 Å². The summed E-state index contributed by atoms with van der Waals surface area (Å²) in [6, 6.07) is 150. The number of nitrogens with zero attached hydrogens (tertiary/aromatic N) is 4. The third-order valence-electron chi connectivity index (χ3n) is 28.4. The van der Waals surface area contributed by atoms with Crippen molar-refractivity contribution in [1.29, 1.82) is 0 Å².